The van der Waals surface area contributed by atoms with Crippen molar-refractivity contribution in [1.82, 2.24) is 15.0 Å². The van der Waals surface area contributed by atoms with Crippen LogP contribution in [0.2, 0.25) is 0 Å². The summed E-state index contributed by atoms with van der Waals surface area (Å²) in [7, 11) is -1.70. The van der Waals surface area contributed by atoms with Gasteiger partial charge in [-0.3, -0.25) is 0 Å². The smallest absolute Gasteiger partial charge is 0.229 e. The lowest BCUT2D eigenvalue weighted by Crippen LogP contribution is -2.03. The second-order valence-corrected chi connectivity index (χ2v) is 9.34. The number of nitrogens with one attached hydrogen (secondary N) is 2. The molecule has 0 saturated carbocycles. The molecule has 4 aromatic rings. The van der Waals surface area contributed by atoms with Crippen molar-refractivity contribution in [2.45, 2.75) is 4.90 Å². The summed E-state index contributed by atoms with van der Waals surface area (Å²) in [6.07, 6.45) is 2.17. The number of ether oxygens (including phenoxy) is 1. The molecular formula is C19H16FN5O3S2. The highest BCUT2D eigenvalue weighted by Gasteiger charge is 2.12. The predicted octanol–water partition coefficient (Wildman–Crippen LogP) is 4.12. The number of aromatic nitrogens is 3. The fraction of sp³-hybridized carbons (Fsp3) is 0.105. The van der Waals surface area contributed by atoms with Crippen LogP contribution in [0.4, 0.5) is 27.0 Å². The van der Waals surface area contributed by atoms with Gasteiger partial charge >= 0.3 is 0 Å². The van der Waals surface area contributed by atoms with E-state index in [2.05, 4.69) is 25.6 Å². The van der Waals surface area contributed by atoms with Crippen LogP contribution in [0.1, 0.15) is 0 Å². The molecule has 2 heterocycles. The number of hydrogen-bond donors (Lipinski definition) is 2. The molecule has 0 atom stereocenters. The van der Waals surface area contributed by atoms with Crippen LogP contribution in [0, 0.1) is 5.82 Å². The third-order valence-corrected chi connectivity index (χ3v) is 6.17. The lowest BCUT2D eigenvalue weighted by atomic mass is 10.3. The molecule has 0 saturated heterocycles. The minimum absolute atomic E-state index is 0.0359. The van der Waals surface area contributed by atoms with Crippen LogP contribution in [-0.4, -0.2) is 36.7 Å². The highest BCUT2D eigenvalue weighted by molar-refractivity contribution is 7.90. The van der Waals surface area contributed by atoms with Crippen molar-refractivity contribution in [3.05, 3.63) is 54.5 Å². The van der Waals surface area contributed by atoms with Crippen LogP contribution in [0.25, 0.3) is 10.2 Å². The number of fused-ring (bicyclic) bond motifs is 1. The second kappa shape index (κ2) is 7.84. The Kier molecular flexibility index (Phi) is 5.22. The maximum absolute atomic E-state index is 14.2. The van der Waals surface area contributed by atoms with Crippen molar-refractivity contribution < 1.29 is 17.5 Å². The number of halogens is 1. The van der Waals surface area contributed by atoms with Gasteiger partial charge in [-0.2, -0.15) is 4.98 Å². The van der Waals surface area contributed by atoms with Crippen LogP contribution in [0.15, 0.2) is 53.6 Å². The van der Waals surface area contributed by atoms with Crippen LogP contribution in [0.5, 0.6) is 5.75 Å². The monoisotopic (exact) mass is 445 g/mol. The molecule has 30 heavy (non-hydrogen) atoms. The van der Waals surface area contributed by atoms with Crippen LogP contribution in [-0.2, 0) is 9.84 Å². The van der Waals surface area contributed by atoms with Crippen LogP contribution in [0.3, 0.4) is 0 Å². The van der Waals surface area contributed by atoms with E-state index >= 15 is 0 Å². The molecule has 2 aromatic carbocycles. The zero-order chi connectivity index (χ0) is 21.3. The Morgan fingerprint density at radius 2 is 1.83 bits per heavy atom. The third-order valence-electron chi connectivity index (χ3n) is 4.10. The van der Waals surface area contributed by atoms with Gasteiger partial charge in [0.25, 0.3) is 0 Å². The van der Waals surface area contributed by atoms with E-state index in [9.17, 15) is 12.8 Å². The fourth-order valence-electron chi connectivity index (χ4n) is 2.62. The Morgan fingerprint density at radius 1 is 1.07 bits per heavy atom. The fourth-order valence-corrected chi connectivity index (χ4v) is 4.14. The van der Waals surface area contributed by atoms with Gasteiger partial charge in [0.2, 0.25) is 5.95 Å². The standard InChI is InChI=1S/C19H16FN5O3S2/c1-28-12-5-8-15-16(9-12)29-19(23-15)25-17-14(20)10-21-18(24-17)22-11-3-6-13(7-4-11)30(2,26)27/h3-10H,1-2H3,(H2,21,22,23,24,25). The zero-order valence-electron chi connectivity index (χ0n) is 15.9. The van der Waals surface area contributed by atoms with Gasteiger partial charge < -0.3 is 15.4 Å². The molecular weight excluding hydrogens is 429 g/mol. The Morgan fingerprint density at radius 3 is 2.53 bits per heavy atom. The number of sulfone groups is 1. The first kappa shape index (κ1) is 20.0. The second-order valence-electron chi connectivity index (χ2n) is 6.29. The zero-order valence-corrected chi connectivity index (χ0v) is 17.5. The van der Waals surface area contributed by atoms with E-state index in [0.29, 0.717) is 16.6 Å². The van der Waals surface area contributed by atoms with Gasteiger partial charge in [-0.1, -0.05) is 11.3 Å². The minimum Gasteiger partial charge on any atom is -0.497 e. The van der Waals surface area contributed by atoms with Crippen molar-refractivity contribution >= 4 is 54.0 Å². The summed E-state index contributed by atoms with van der Waals surface area (Å²) < 4.78 is 43.4. The minimum atomic E-state index is -3.29. The molecule has 0 radical (unpaired) electrons. The molecule has 8 nitrogen and oxygen atoms in total. The summed E-state index contributed by atoms with van der Waals surface area (Å²) in [5.74, 6) is 0.184. The van der Waals surface area contributed by atoms with E-state index in [1.807, 2.05) is 12.1 Å². The molecule has 0 aliphatic rings. The van der Waals surface area contributed by atoms with Gasteiger partial charge in [0, 0.05) is 11.9 Å². The number of rotatable bonds is 6. The largest absolute Gasteiger partial charge is 0.497 e. The molecule has 0 amide bonds. The van der Waals surface area contributed by atoms with E-state index in [-0.39, 0.29) is 16.7 Å². The van der Waals surface area contributed by atoms with Gasteiger partial charge in [-0.15, -0.1) is 0 Å². The first-order chi connectivity index (χ1) is 14.3. The average Bonchev–Trinajstić information content (AvgIpc) is 3.11. The van der Waals surface area contributed by atoms with Crippen molar-refractivity contribution in [3.8, 4) is 5.75 Å². The Balaban J connectivity index is 1.56. The number of thiazole rings is 1. The van der Waals surface area contributed by atoms with Crippen molar-refractivity contribution in [3.63, 3.8) is 0 Å². The van der Waals surface area contributed by atoms with E-state index in [0.717, 1.165) is 22.7 Å². The molecule has 0 unspecified atom stereocenters. The summed E-state index contributed by atoms with van der Waals surface area (Å²) in [5.41, 5.74) is 1.31. The van der Waals surface area contributed by atoms with Gasteiger partial charge in [-0.05, 0) is 42.5 Å². The molecule has 2 N–H and O–H groups in total. The quantitative estimate of drug-likeness (QED) is 0.456. The van der Waals surface area contributed by atoms with Crippen molar-refractivity contribution in [2.24, 2.45) is 0 Å². The number of nitrogens with zero attached hydrogens (tertiary/aromatic N) is 3. The predicted molar refractivity (Wildman–Crippen MR) is 114 cm³/mol. The van der Waals surface area contributed by atoms with Crippen molar-refractivity contribution in [1.29, 1.82) is 0 Å². The van der Waals surface area contributed by atoms with E-state index < -0.39 is 15.7 Å². The van der Waals surface area contributed by atoms with E-state index in [4.69, 9.17) is 4.74 Å². The Labute approximate surface area is 175 Å². The lowest BCUT2D eigenvalue weighted by molar-refractivity contribution is 0.415. The van der Waals surface area contributed by atoms with Crippen LogP contribution >= 0.6 is 11.3 Å². The van der Waals surface area contributed by atoms with E-state index in [1.54, 1.807) is 25.3 Å². The number of hydrogen-bond acceptors (Lipinski definition) is 9. The van der Waals surface area contributed by atoms with Gasteiger partial charge in [0.15, 0.2) is 26.6 Å². The van der Waals surface area contributed by atoms with Crippen molar-refractivity contribution in [2.75, 3.05) is 24.0 Å². The van der Waals surface area contributed by atoms with Gasteiger partial charge in [0.1, 0.15) is 5.75 Å². The molecule has 0 spiro atoms. The molecule has 154 valence electrons. The highest BCUT2D eigenvalue weighted by atomic mass is 32.2. The maximum atomic E-state index is 14.2. The molecule has 4 rings (SSSR count). The number of benzene rings is 2. The van der Waals surface area contributed by atoms with Crippen LogP contribution < -0.4 is 15.4 Å². The topological polar surface area (TPSA) is 106 Å². The lowest BCUT2D eigenvalue weighted by Gasteiger charge is -2.08. The number of anilines is 4. The molecule has 0 bridgehead atoms. The molecule has 0 fully saturated rings. The summed E-state index contributed by atoms with van der Waals surface area (Å²) in [4.78, 5) is 12.7. The molecule has 0 aliphatic carbocycles. The summed E-state index contributed by atoms with van der Waals surface area (Å²) in [6, 6.07) is 11.6. The first-order valence-corrected chi connectivity index (χ1v) is 11.3. The van der Waals surface area contributed by atoms with E-state index in [1.165, 1.54) is 23.5 Å². The normalized spacial score (nSPS) is 11.4. The van der Waals surface area contributed by atoms with Gasteiger partial charge in [0.05, 0.1) is 28.4 Å². The summed E-state index contributed by atoms with van der Waals surface area (Å²) in [6.45, 7) is 0. The molecule has 0 aliphatic heterocycles. The SMILES string of the molecule is COc1ccc2nc(Nc3nc(Nc4ccc(S(C)(=O)=O)cc4)ncc3F)sc2c1. The summed E-state index contributed by atoms with van der Waals surface area (Å²) >= 11 is 1.34. The third kappa shape index (κ3) is 4.31. The highest BCUT2D eigenvalue weighted by Crippen LogP contribution is 2.31. The van der Waals surface area contributed by atoms with Gasteiger partial charge in [-0.25, -0.2) is 22.8 Å². The average molecular weight is 446 g/mol. The maximum Gasteiger partial charge on any atom is 0.229 e. The Hall–Kier alpha value is -3.31. The summed E-state index contributed by atoms with van der Waals surface area (Å²) in [5, 5.41) is 6.27. The first-order valence-electron chi connectivity index (χ1n) is 8.63. The Bertz CT molecular complexity index is 1320. The molecule has 11 heteroatoms. The number of methoxy groups -OCH3 is 1. The molecule has 2 aromatic heterocycles.